The number of aliphatic hydroxyl groups excluding tert-OH is 11. The summed E-state index contributed by atoms with van der Waals surface area (Å²) < 4.78 is 34.3. The number of hydrogen-bond acceptors (Lipinski definition) is 18. The van der Waals surface area contributed by atoms with Crippen molar-refractivity contribution in [1.29, 1.82) is 0 Å². The number of carbonyl (C=O) groups is 1. The van der Waals surface area contributed by atoms with Crippen molar-refractivity contribution in [3.63, 3.8) is 0 Å². The summed E-state index contributed by atoms with van der Waals surface area (Å²) >= 11 is 0. The van der Waals surface area contributed by atoms with Gasteiger partial charge in [-0.3, -0.25) is 4.79 Å². The normalized spacial score (nSPS) is 28.7. The Bertz CT molecular complexity index is 2060. The smallest absolute Gasteiger partial charge is 0.220 e. The van der Waals surface area contributed by atoms with Crippen molar-refractivity contribution in [3.05, 3.63) is 109 Å². The highest BCUT2D eigenvalue weighted by molar-refractivity contribution is 5.76. The van der Waals surface area contributed by atoms with Crippen LogP contribution in [0.15, 0.2) is 109 Å². The third-order valence-electron chi connectivity index (χ3n) is 16.3. The van der Waals surface area contributed by atoms with E-state index in [-0.39, 0.29) is 18.9 Å². The van der Waals surface area contributed by atoms with E-state index in [0.29, 0.717) is 6.42 Å². The van der Waals surface area contributed by atoms with E-state index in [2.05, 4.69) is 116 Å². The van der Waals surface area contributed by atoms with E-state index >= 15 is 0 Å². The van der Waals surface area contributed by atoms with Crippen LogP contribution in [0, 0.1) is 0 Å². The van der Waals surface area contributed by atoms with Crippen LogP contribution in [0.5, 0.6) is 0 Å². The number of hydrogen-bond donors (Lipinski definition) is 12. The Morgan fingerprint density at radius 3 is 1.20 bits per heavy atom. The molecule has 19 nitrogen and oxygen atoms in total. The standard InChI is InChI=1S/C71H119NO18/c1-3-5-7-9-11-13-15-17-19-20-21-22-23-24-25-26-27-28-29-30-31-32-33-34-35-37-39-41-43-45-47-49-59(77)72-54(55(76)48-46-44-42-40-38-36-18-16-14-12-10-8-6-4-2)53-85-69-65(83)62(80)67(57(51-74)87-69)90-71-66(84)63(81)68(58(52-75)88-71)89-70-64(82)61(79)60(78)56(50-73)86-70/h5,7,11,13,17,19,21-22,24-25,27-28,30-31,33-34,46,48,54-58,60-71,73-76,78-84H,3-4,6,8-10,12,14-16,18,20,23,26,29,32,35-45,47,49-53H2,1-2H3,(H,72,77)/b7-5-,13-11-,19-17-,22-21-,25-24-,28-27-,31-30-,34-33-,48-46+. The van der Waals surface area contributed by atoms with E-state index in [0.717, 1.165) is 116 Å². The highest BCUT2D eigenvalue weighted by Crippen LogP contribution is 2.33. The summed E-state index contributed by atoms with van der Waals surface area (Å²) in [5, 5.41) is 120. The number of nitrogens with one attached hydrogen (secondary N) is 1. The maximum absolute atomic E-state index is 13.4. The lowest BCUT2D eigenvalue weighted by Crippen LogP contribution is -2.66. The molecule has 19 heteroatoms. The van der Waals surface area contributed by atoms with Gasteiger partial charge in [-0.05, 0) is 83.5 Å². The van der Waals surface area contributed by atoms with Gasteiger partial charge in [0, 0.05) is 6.42 Å². The fourth-order valence-electron chi connectivity index (χ4n) is 10.8. The van der Waals surface area contributed by atoms with Crippen LogP contribution in [-0.4, -0.2) is 193 Å². The Morgan fingerprint density at radius 2 is 0.767 bits per heavy atom. The van der Waals surface area contributed by atoms with Crippen LogP contribution < -0.4 is 5.32 Å². The first kappa shape index (κ1) is 80.7. The molecule has 3 aliphatic heterocycles. The molecule has 90 heavy (non-hydrogen) atoms. The SMILES string of the molecule is CC/C=C\C/C=C\C/C=C\C/C=C\C/C=C\C/C=C\C/C=C\C/C=C\CCCCCCCCC(=O)NC(COC1OC(CO)C(OC2OC(CO)C(OC3OC(CO)C(O)C(O)C3O)C(O)C2O)C(O)C1O)C(O)/C=C/CCCCCCCCCCCCCC. The van der Waals surface area contributed by atoms with Gasteiger partial charge < -0.3 is 89.9 Å². The van der Waals surface area contributed by atoms with E-state index in [4.69, 9.17) is 28.4 Å². The molecule has 17 unspecified atom stereocenters. The number of ether oxygens (including phenoxy) is 6. The van der Waals surface area contributed by atoms with E-state index in [9.17, 15) is 61.0 Å². The molecule has 0 aromatic carbocycles. The molecule has 0 bridgehead atoms. The molecule has 12 N–H and O–H groups in total. The molecule has 0 aromatic heterocycles. The topological polar surface area (TPSA) is 307 Å². The second-order valence-corrected chi connectivity index (χ2v) is 23.9. The van der Waals surface area contributed by atoms with E-state index in [1.165, 1.54) is 57.8 Å². The van der Waals surface area contributed by atoms with Gasteiger partial charge in [0.2, 0.25) is 5.91 Å². The first-order valence-electron chi connectivity index (χ1n) is 34.1. The van der Waals surface area contributed by atoms with Crippen molar-refractivity contribution >= 4 is 5.91 Å². The van der Waals surface area contributed by atoms with Crippen molar-refractivity contribution < 1.29 is 89.4 Å². The maximum atomic E-state index is 13.4. The van der Waals surface area contributed by atoms with Gasteiger partial charge in [0.05, 0.1) is 38.6 Å². The molecular formula is C71H119NO18. The highest BCUT2D eigenvalue weighted by Gasteiger charge is 2.53. The van der Waals surface area contributed by atoms with Crippen molar-refractivity contribution in [2.24, 2.45) is 0 Å². The number of amides is 1. The van der Waals surface area contributed by atoms with Gasteiger partial charge in [-0.25, -0.2) is 0 Å². The van der Waals surface area contributed by atoms with Gasteiger partial charge in [0.25, 0.3) is 0 Å². The largest absolute Gasteiger partial charge is 0.394 e. The molecule has 1 amide bonds. The average Bonchev–Trinajstić information content (AvgIpc) is 0.908. The highest BCUT2D eigenvalue weighted by atomic mass is 16.8. The number of rotatable bonds is 50. The number of aliphatic hydroxyl groups is 11. The minimum Gasteiger partial charge on any atom is -0.394 e. The molecular weight excluding hydrogens is 1150 g/mol. The Morgan fingerprint density at radius 1 is 0.411 bits per heavy atom. The van der Waals surface area contributed by atoms with Gasteiger partial charge >= 0.3 is 0 Å². The first-order valence-corrected chi connectivity index (χ1v) is 34.1. The van der Waals surface area contributed by atoms with Gasteiger partial charge in [-0.2, -0.15) is 0 Å². The molecule has 17 atom stereocenters. The summed E-state index contributed by atoms with van der Waals surface area (Å²) in [6, 6.07) is -0.989. The molecule has 3 saturated heterocycles. The minimum absolute atomic E-state index is 0.219. The molecule has 0 aliphatic carbocycles. The summed E-state index contributed by atoms with van der Waals surface area (Å²) in [7, 11) is 0. The zero-order valence-corrected chi connectivity index (χ0v) is 54.3. The van der Waals surface area contributed by atoms with E-state index in [1.54, 1.807) is 6.08 Å². The Kier molecular flexibility index (Phi) is 46.5. The van der Waals surface area contributed by atoms with Crippen molar-refractivity contribution in [3.8, 4) is 0 Å². The number of allylic oxidation sites excluding steroid dienone is 17. The molecule has 3 heterocycles. The molecule has 0 aromatic rings. The van der Waals surface area contributed by atoms with E-state index in [1.807, 2.05) is 6.08 Å². The van der Waals surface area contributed by atoms with Gasteiger partial charge in [-0.15, -0.1) is 0 Å². The zero-order chi connectivity index (χ0) is 65.4. The first-order chi connectivity index (χ1) is 43.8. The van der Waals surface area contributed by atoms with Crippen LogP contribution >= 0.6 is 0 Å². The van der Waals surface area contributed by atoms with Crippen LogP contribution in [-0.2, 0) is 33.2 Å². The molecule has 3 aliphatic rings. The second-order valence-electron chi connectivity index (χ2n) is 23.9. The van der Waals surface area contributed by atoms with Gasteiger partial charge in [-0.1, -0.05) is 220 Å². The van der Waals surface area contributed by atoms with Crippen LogP contribution in [0.2, 0.25) is 0 Å². The van der Waals surface area contributed by atoms with Crippen molar-refractivity contribution in [2.45, 2.75) is 304 Å². The number of carbonyl (C=O) groups excluding carboxylic acids is 1. The quantitative estimate of drug-likeness (QED) is 0.0200. The molecule has 0 saturated carbocycles. The lowest BCUT2D eigenvalue weighted by molar-refractivity contribution is -0.379. The van der Waals surface area contributed by atoms with Gasteiger partial charge in [0.1, 0.15) is 73.2 Å². The molecule has 516 valence electrons. The lowest BCUT2D eigenvalue weighted by atomic mass is 9.96. The summed E-state index contributed by atoms with van der Waals surface area (Å²) in [6.07, 6.45) is 42.0. The summed E-state index contributed by atoms with van der Waals surface area (Å²) in [5.74, 6) is -0.296. The Labute approximate surface area is 538 Å². The van der Waals surface area contributed by atoms with Crippen LogP contribution in [0.3, 0.4) is 0 Å². The Balaban J connectivity index is 1.42. The molecule has 3 rings (SSSR count). The molecule has 0 radical (unpaired) electrons. The van der Waals surface area contributed by atoms with Crippen LogP contribution in [0.4, 0.5) is 0 Å². The zero-order valence-electron chi connectivity index (χ0n) is 54.3. The summed E-state index contributed by atoms with van der Waals surface area (Å²) in [5.41, 5.74) is 0. The van der Waals surface area contributed by atoms with Crippen LogP contribution in [0.1, 0.15) is 200 Å². The monoisotopic (exact) mass is 1270 g/mol. The summed E-state index contributed by atoms with van der Waals surface area (Å²) in [4.78, 5) is 13.4. The third kappa shape index (κ3) is 33.5. The Hall–Kier alpha value is -3.55. The predicted molar refractivity (Wildman–Crippen MR) is 350 cm³/mol. The van der Waals surface area contributed by atoms with E-state index < -0.39 is 124 Å². The van der Waals surface area contributed by atoms with Gasteiger partial charge in [0.15, 0.2) is 18.9 Å². The minimum atomic E-state index is -1.98. The van der Waals surface area contributed by atoms with Crippen molar-refractivity contribution in [2.75, 3.05) is 26.4 Å². The average molecular weight is 1270 g/mol. The fraction of sp³-hybridized carbons (Fsp3) is 0.732. The molecule has 3 fully saturated rings. The predicted octanol–water partition coefficient (Wildman–Crippen LogP) is 8.66. The molecule has 0 spiro atoms. The van der Waals surface area contributed by atoms with Crippen LogP contribution in [0.25, 0.3) is 0 Å². The maximum Gasteiger partial charge on any atom is 0.220 e. The lowest BCUT2D eigenvalue weighted by Gasteiger charge is -2.48. The fourth-order valence-corrected chi connectivity index (χ4v) is 10.8. The van der Waals surface area contributed by atoms with Crippen molar-refractivity contribution in [1.82, 2.24) is 5.32 Å². The number of unbranched alkanes of at least 4 members (excludes halogenated alkanes) is 18. The summed E-state index contributed by atoms with van der Waals surface area (Å²) in [6.45, 7) is 1.58. The third-order valence-corrected chi connectivity index (χ3v) is 16.3. The second kappa shape index (κ2) is 51.8.